The molecule has 1 fully saturated rings. The van der Waals surface area contributed by atoms with Crippen LogP contribution in [0.3, 0.4) is 0 Å². The van der Waals surface area contributed by atoms with E-state index in [1.165, 1.54) is 0 Å². The van der Waals surface area contributed by atoms with E-state index in [0.717, 1.165) is 22.3 Å². The second-order valence-corrected chi connectivity index (χ2v) is 8.03. The number of aromatic nitrogens is 1. The van der Waals surface area contributed by atoms with Crippen molar-refractivity contribution in [3.05, 3.63) is 90.3 Å². The first-order valence-corrected chi connectivity index (χ1v) is 10.8. The second-order valence-electron chi connectivity index (χ2n) is 8.03. The van der Waals surface area contributed by atoms with E-state index in [4.69, 9.17) is 4.74 Å². The summed E-state index contributed by atoms with van der Waals surface area (Å²) in [5, 5.41) is 9.36. The molecule has 160 valence electrons. The third-order valence-corrected chi connectivity index (χ3v) is 6.19. The molecule has 2 unspecified atom stereocenters. The van der Waals surface area contributed by atoms with E-state index in [1.54, 1.807) is 17.3 Å². The normalized spacial score (nSPS) is 19.7. The standard InChI is InChI=1S/C26H28N2O3/c1-20(21-8-10-22(11-9-21)23-12-16-27-17-13-23)28-18-15-26(14-5-19-29,31-25(28)30)24-6-3-2-4-7-24/h2-4,6-13,16-17,20,29H,5,14-15,18-19H2,1H3. The van der Waals surface area contributed by atoms with Crippen LogP contribution in [0, 0.1) is 0 Å². The number of pyridine rings is 1. The summed E-state index contributed by atoms with van der Waals surface area (Å²) in [5.41, 5.74) is 3.61. The molecule has 1 N–H and O–H groups in total. The van der Waals surface area contributed by atoms with Gasteiger partial charge < -0.3 is 14.7 Å². The van der Waals surface area contributed by atoms with Gasteiger partial charge in [-0.2, -0.15) is 0 Å². The number of amides is 1. The molecule has 2 atom stereocenters. The number of benzene rings is 2. The van der Waals surface area contributed by atoms with Gasteiger partial charge in [0.05, 0.1) is 6.04 Å². The van der Waals surface area contributed by atoms with Gasteiger partial charge in [-0.05, 0) is 54.2 Å². The first-order chi connectivity index (χ1) is 15.1. The minimum Gasteiger partial charge on any atom is -0.438 e. The SMILES string of the molecule is CC(c1ccc(-c2ccncc2)cc1)N1CCC(CCCO)(c2ccccc2)OC1=O. The van der Waals surface area contributed by atoms with Gasteiger partial charge in [0.2, 0.25) is 0 Å². The molecule has 1 aromatic heterocycles. The third-order valence-electron chi connectivity index (χ3n) is 6.19. The molecule has 0 radical (unpaired) electrons. The summed E-state index contributed by atoms with van der Waals surface area (Å²) in [6, 6.07) is 22.0. The van der Waals surface area contributed by atoms with Gasteiger partial charge in [0.1, 0.15) is 5.60 Å². The molecule has 1 amide bonds. The zero-order valence-electron chi connectivity index (χ0n) is 17.8. The summed E-state index contributed by atoms with van der Waals surface area (Å²) in [5.74, 6) is 0. The van der Waals surface area contributed by atoms with E-state index >= 15 is 0 Å². The number of aliphatic hydroxyl groups excluding tert-OH is 1. The average molecular weight is 417 g/mol. The lowest BCUT2D eigenvalue weighted by atomic mass is 9.84. The Labute approximate surface area is 183 Å². The Morgan fingerprint density at radius 2 is 1.71 bits per heavy atom. The lowest BCUT2D eigenvalue weighted by Crippen LogP contribution is -2.48. The summed E-state index contributed by atoms with van der Waals surface area (Å²) in [4.78, 5) is 18.9. The Morgan fingerprint density at radius 1 is 1.03 bits per heavy atom. The first kappa shape index (κ1) is 21.1. The molecule has 3 aromatic rings. The molecule has 31 heavy (non-hydrogen) atoms. The van der Waals surface area contributed by atoms with Crippen molar-refractivity contribution in [2.75, 3.05) is 13.2 Å². The fourth-order valence-electron chi connectivity index (χ4n) is 4.33. The van der Waals surface area contributed by atoms with Gasteiger partial charge >= 0.3 is 6.09 Å². The summed E-state index contributed by atoms with van der Waals surface area (Å²) >= 11 is 0. The van der Waals surface area contributed by atoms with Crippen molar-refractivity contribution >= 4 is 6.09 Å². The van der Waals surface area contributed by atoms with Crippen LogP contribution < -0.4 is 0 Å². The largest absolute Gasteiger partial charge is 0.438 e. The highest BCUT2D eigenvalue weighted by Crippen LogP contribution is 2.40. The topological polar surface area (TPSA) is 62.7 Å². The summed E-state index contributed by atoms with van der Waals surface area (Å²) in [6.45, 7) is 2.72. The predicted molar refractivity (Wildman–Crippen MR) is 120 cm³/mol. The monoisotopic (exact) mass is 416 g/mol. The van der Waals surface area contributed by atoms with Crippen LogP contribution in [0.5, 0.6) is 0 Å². The molecule has 2 aromatic carbocycles. The highest BCUT2D eigenvalue weighted by molar-refractivity contribution is 5.70. The molecular weight excluding hydrogens is 388 g/mol. The van der Waals surface area contributed by atoms with Crippen LogP contribution in [0.25, 0.3) is 11.1 Å². The van der Waals surface area contributed by atoms with Crippen molar-refractivity contribution < 1.29 is 14.6 Å². The van der Waals surface area contributed by atoms with Crippen molar-refractivity contribution in [3.8, 4) is 11.1 Å². The van der Waals surface area contributed by atoms with Crippen molar-refractivity contribution in [1.29, 1.82) is 0 Å². The van der Waals surface area contributed by atoms with Crippen molar-refractivity contribution in [3.63, 3.8) is 0 Å². The van der Waals surface area contributed by atoms with Crippen LogP contribution in [0.1, 0.15) is 43.4 Å². The zero-order chi connectivity index (χ0) is 21.7. The van der Waals surface area contributed by atoms with Gasteiger partial charge in [-0.3, -0.25) is 4.98 Å². The van der Waals surface area contributed by atoms with Crippen LogP contribution in [0.15, 0.2) is 79.1 Å². The van der Waals surface area contributed by atoms with Crippen molar-refractivity contribution in [2.45, 2.75) is 37.8 Å². The van der Waals surface area contributed by atoms with E-state index in [-0.39, 0.29) is 18.7 Å². The zero-order valence-corrected chi connectivity index (χ0v) is 17.8. The van der Waals surface area contributed by atoms with Crippen LogP contribution in [0.2, 0.25) is 0 Å². The molecule has 1 aliphatic rings. The van der Waals surface area contributed by atoms with Gasteiger partial charge in [0.25, 0.3) is 0 Å². The maximum Gasteiger partial charge on any atom is 0.411 e. The second kappa shape index (κ2) is 9.31. The highest BCUT2D eigenvalue weighted by atomic mass is 16.6. The fraction of sp³-hybridized carbons (Fsp3) is 0.308. The third kappa shape index (κ3) is 4.47. The minimum atomic E-state index is -0.678. The Bertz CT molecular complexity index is 992. The van der Waals surface area contributed by atoms with Crippen LogP contribution in [-0.4, -0.2) is 34.2 Å². The molecule has 0 saturated carbocycles. The summed E-state index contributed by atoms with van der Waals surface area (Å²) < 4.78 is 6.08. The fourth-order valence-corrected chi connectivity index (χ4v) is 4.33. The minimum absolute atomic E-state index is 0.0794. The Balaban J connectivity index is 1.51. The molecule has 1 aliphatic heterocycles. The van der Waals surface area contributed by atoms with Gasteiger partial charge in [-0.1, -0.05) is 54.6 Å². The molecule has 2 heterocycles. The van der Waals surface area contributed by atoms with Gasteiger partial charge in [0.15, 0.2) is 0 Å². The molecular formula is C26H28N2O3. The quantitative estimate of drug-likeness (QED) is 0.566. The average Bonchev–Trinajstić information content (AvgIpc) is 2.83. The number of aliphatic hydroxyl groups is 1. The van der Waals surface area contributed by atoms with E-state index in [0.29, 0.717) is 25.8 Å². The van der Waals surface area contributed by atoms with E-state index in [9.17, 15) is 9.90 Å². The Kier molecular flexibility index (Phi) is 6.33. The first-order valence-electron chi connectivity index (χ1n) is 10.8. The number of ether oxygens (including phenoxy) is 1. The molecule has 4 rings (SSSR count). The number of rotatable bonds is 7. The van der Waals surface area contributed by atoms with Gasteiger partial charge in [-0.15, -0.1) is 0 Å². The number of hydrogen-bond donors (Lipinski definition) is 1. The summed E-state index contributed by atoms with van der Waals surface area (Å²) in [7, 11) is 0. The highest BCUT2D eigenvalue weighted by Gasteiger charge is 2.43. The van der Waals surface area contributed by atoms with E-state index in [2.05, 4.69) is 29.2 Å². The molecule has 5 heteroatoms. The summed E-state index contributed by atoms with van der Waals surface area (Å²) in [6.07, 6.45) is 5.16. The molecule has 0 bridgehead atoms. The molecule has 0 spiro atoms. The number of cyclic esters (lactones) is 1. The predicted octanol–water partition coefficient (Wildman–Crippen LogP) is 5.32. The number of carbonyl (C=O) groups is 1. The molecule has 0 aliphatic carbocycles. The number of nitrogens with zero attached hydrogens (tertiary/aromatic N) is 2. The van der Waals surface area contributed by atoms with Crippen molar-refractivity contribution in [2.24, 2.45) is 0 Å². The number of hydrogen-bond acceptors (Lipinski definition) is 4. The molecule has 5 nitrogen and oxygen atoms in total. The van der Waals surface area contributed by atoms with Crippen LogP contribution >= 0.6 is 0 Å². The maximum atomic E-state index is 13.1. The van der Waals surface area contributed by atoms with E-state index < -0.39 is 5.60 Å². The lowest BCUT2D eigenvalue weighted by molar-refractivity contribution is -0.0680. The van der Waals surface area contributed by atoms with Crippen molar-refractivity contribution in [1.82, 2.24) is 9.88 Å². The maximum absolute atomic E-state index is 13.1. The lowest BCUT2D eigenvalue weighted by Gasteiger charge is -2.43. The van der Waals surface area contributed by atoms with Crippen LogP contribution in [0.4, 0.5) is 4.79 Å². The molecule has 1 saturated heterocycles. The Hall–Kier alpha value is -3.18. The number of carbonyl (C=O) groups excluding carboxylic acids is 1. The smallest absolute Gasteiger partial charge is 0.411 e. The van der Waals surface area contributed by atoms with Gasteiger partial charge in [-0.25, -0.2) is 4.79 Å². The Morgan fingerprint density at radius 3 is 2.35 bits per heavy atom. The van der Waals surface area contributed by atoms with Crippen LogP contribution in [-0.2, 0) is 10.3 Å². The van der Waals surface area contributed by atoms with E-state index in [1.807, 2.05) is 49.4 Å². The van der Waals surface area contributed by atoms with Gasteiger partial charge in [0, 0.05) is 32.0 Å².